The highest BCUT2D eigenvalue weighted by Gasteiger charge is 2.25. The van der Waals surface area contributed by atoms with Gasteiger partial charge in [0.05, 0.1) is 0 Å². The minimum Gasteiger partial charge on any atom is -0.487 e. The molecule has 1 heterocycles. The number of halogens is 2. The molecule has 0 saturated carbocycles. The molecule has 0 aliphatic carbocycles. The summed E-state index contributed by atoms with van der Waals surface area (Å²) in [5.41, 5.74) is 2.29. The number of amides is 1. The Kier molecular flexibility index (Phi) is 5.94. The quantitative estimate of drug-likeness (QED) is 0.792. The van der Waals surface area contributed by atoms with Crippen molar-refractivity contribution in [2.45, 2.75) is 32.8 Å². The SMILES string of the molecule is Cc1ccc(OCC(=O)N2CCC(Oc3ccc(F)cc3F)CC2)cc1C. The zero-order valence-electron chi connectivity index (χ0n) is 15.5. The number of carbonyl (C=O) groups excluding carboxylic acids is 1. The summed E-state index contributed by atoms with van der Waals surface area (Å²) < 4.78 is 37.8. The van der Waals surface area contributed by atoms with Gasteiger partial charge in [0.1, 0.15) is 17.7 Å². The van der Waals surface area contributed by atoms with Gasteiger partial charge in [-0.3, -0.25) is 4.79 Å². The number of rotatable bonds is 5. The van der Waals surface area contributed by atoms with Crippen LogP contribution < -0.4 is 9.47 Å². The number of ether oxygens (including phenoxy) is 2. The largest absolute Gasteiger partial charge is 0.487 e. The van der Waals surface area contributed by atoms with Gasteiger partial charge in [-0.25, -0.2) is 8.78 Å². The number of nitrogens with zero attached hydrogens (tertiary/aromatic N) is 1. The number of piperidine rings is 1. The molecule has 2 aromatic rings. The third-order valence-electron chi connectivity index (χ3n) is 4.82. The van der Waals surface area contributed by atoms with E-state index in [0.717, 1.165) is 11.6 Å². The molecule has 1 amide bonds. The highest BCUT2D eigenvalue weighted by Crippen LogP contribution is 2.23. The Hall–Kier alpha value is -2.63. The standard InChI is InChI=1S/C21H23F2NO3/c1-14-3-5-18(11-15(14)2)26-13-21(25)24-9-7-17(8-10-24)27-20-6-4-16(22)12-19(20)23/h3-6,11-12,17H,7-10,13H2,1-2H3. The highest BCUT2D eigenvalue weighted by molar-refractivity contribution is 5.77. The van der Waals surface area contributed by atoms with E-state index in [-0.39, 0.29) is 24.4 Å². The highest BCUT2D eigenvalue weighted by atomic mass is 19.1. The Bertz CT molecular complexity index is 817. The van der Waals surface area contributed by atoms with E-state index in [0.29, 0.717) is 31.7 Å². The molecule has 1 aliphatic rings. The average Bonchev–Trinajstić information content (AvgIpc) is 2.65. The lowest BCUT2D eigenvalue weighted by atomic mass is 10.1. The van der Waals surface area contributed by atoms with Gasteiger partial charge in [0, 0.05) is 32.0 Å². The molecule has 3 rings (SSSR count). The first-order valence-electron chi connectivity index (χ1n) is 9.02. The summed E-state index contributed by atoms with van der Waals surface area (Å²) in [4.78, 5) is 14.1. The third-order valence-corrected chi connectivity index (χ3v) is 4.82. The second-order valence-electron chi connectivity index (χ2n) is 6.81. The van der Waals surface area contributed by atoms with Crippen LogP contribution in [0, 0.1) is 25.5 Å². The average molecular weight is 375 g/mol. The van der Waals surface area contributed by atoms with Crippen molar-refractivity contribution >= 4 is 5.91 Å². The van der Waals surface area contributed by atoms with Crippen LogP contribution in [0.1, 0.15) is 24.0 Å². The minimum absolute atomic E-state index is 0.0133. The predicted molar refractivity (Wildman–Crippen MR) is 98.0 cm³/mol. The van der Waals surface area contributed by atoms with Crippen molar-refractivity contribution in [2.75, 3.05) is 19.7 Å². The van der Waals surface area contributed by atoms with Gasteiger partial charge >= 0.3 is 0 Å². The van der Waals surface area contributed by atoms with Gasteiger partial charge in [0.2, 0.25) is 0 Å². The normalized spacial score (nSPS) is 14.9. The van der Waals surface area contributed by atoms with Crippen LogP contribution in [0.15, 0.2) is 36.4 Å². The molecular weight excluding hydrogens is 352 g/mol. The molecule has 6 heteroatoms. The molecule has 1 fully saturated rings. The lowest BCUT2D eigenvalue weighted by Crippen LogP contribution is -2.43. The molecule has 1 aliphatic heterocycles. The number of hydrogen-bond donors (Lipinski definition) is 0. The van der Waals surface area contributed by atoms with Crippen molar-refractivity contribution in [3.63, 3.8) is 0 Å². The van der Waals surface area contributed by atoms with Crippen LogP contribution in [0.4, 0.5) is 8.78 Å². The van der Waals surface area contributed by atoms with Gasteiger partial charge in [-0.05, 0) is 49.2 Å². The smallest absolute Gasteiger partial charge is 0.260 e. The van der Waals surface area contributed by atoms with Crippen LogP contribution in [0.3, 0.4) is 0 Å². The maximum atomic E-state index is 13.7. The monoisotopic (exact) mass is 375 g/mol. The second kappa shape index (κ2) is 8.37. The fourth-order valence-corrected chi connectivity index (χ4v) is 3.01. The topological polar surface area (TPSA) is 38.8 Å². The molecule has 1 saturated heterocycles. The first-order valence-corrected chi connectivity index (χ1v) is 9.02. The van der Waals surface area contributed by atoms with Crippen LogP contribution in [-0.2, 0) is 4.79 Å². The van der Waals surface area contributed by atoms with Crippen molar-refractivity contribution < 1.29 is 23.0 Å². The number of carbonyl (C=O) groups is 1. The number of benzene rings is 2. The Morgan fingerprint density at radius 2 is 1.81 bits per heavy atom. The minimum atomic E-state index is -0.713. The lowest BCUT2D eigenvalue weighted by Gasteiger charge is -2.32. The maximum Gasteiger partial charge on any atom is 0.260 e. The van der Waals surface area contributed by atoms with Crippen molar-refractivity contribution in [1.29, 1.82) is 0 Å². The van der Waals surface area contributed by atoms with Gasteiger partial charge in [-0.2, -0.15) is 0 Å². The summed E-state index contributed by atoms with van der Waals surface area (Å²) in [5.74, 6) is -0.713. The van der Waals surface area contributed by atoms with Crippen molar-refractivity contribution in [3.8, 4) is 11.5 Å². The molecule has 0 aromatic heterocycles. The van der Waals surface area contributed by atoms with Crippen LogP contribution in [0.25, 0.3) is 0 Å². The summed E-state index contributed by atoms with van der Waals surface area (Å²) in [7, 11) is 0. The molecule has 27 heavy (non-hydrogen) atoms. The zero-order valence-corrected chi connectivity index (χ0v) is 15.5. The Morgan fingerprint density at radius 3 is 2.48 bits per heavy atom. The molecule has 144 valence electrons. The number of hydrogen-bond acceptors (Lipinski definition) is 3. The van der Waals surface area contributed by atoms with E-state index in [2.05, 4.69) is 0 Å². The molecule has 0 N–H and O–H groups in total. The van der Waals surface area contributed by atoms with E-state index in [1.54, 1.807) is 4.90 Å². The summed E-state index contributed by atoms with van der Waals surface area (Å²) in [5, 5.41) is 0. The number of aryl methyl sites for hydroxylation is 2. The van der Waals surface area contributed by atoms with E-state index in [4.69, 9.17) is 9.47 Å². The third kappa shape index (κ3) is 4.96. The fraction of sp³-hybridized carbons (Fsp3) is 0.381. The molecule has 0 unspecified atom stereocenters. The van der Waals surface area contributed by atoms with E-state index < -0.39 is 11.6 Å². The Morgan fingerprint density at radius 1 is 1.07 bits per heavy atom. The molecule has 0 bridgehead atoms. The molecule has 0 spiro atoms. The number of likely N-dealkylation sites (tertiary alicyclic amines) is 1. The second-order valence-corrected chi connectivity index (χ2v) is 6.81. The summed E-state index contributed by atoms with van der Waals surface area (Å²) >= 11 is 0. The zero-order chi connectivity index (χ0) is 19.4. The molecule has 2 aromatic carbocycles. The van der Waals surface area contributed by atoms with Gasteiger partial charge in [-0.1, -0.05) is 6.07 Å². The van der Waals surface area contributed by atoms with Crippen molar-refractivity contribution in [1.82, 2.24) is 4.90 Å². The van der Waals surface area contributed by atoms with Crippen LogP contribution in [0.5, 0.6) is 11.5 Å². The predicted octanol–water partition coefficient (Wildman–Crippen LogP) is 4.03. The molecule has 0 atom stereocenters. The summed E-state index contributed by atoms with van der Waals surface area (Å²) in [6.45, 7) is 5.04. The molecule has 0 radical (unpaired) electrons. The van der Waals surface area contributed by atoms with Crippen LogP contribution >= 0.6 is 0 Å². The summed E-state index contributed by atoms with van der Waals surface area (Å²) in [6, 6.07) is 9.00. The maximum absolute atomic E-state index is 13.7. The first kappa shape index (κ1) is 19.1. The molecule has 4 nitrogen and oxygen atoms in total. The van der Waals surface area contributed by atoms with E-state index in [1.165, 1.54) is 17.7 Å². The van der Waals surface area contributed by atoms with Crippen molar-refractivity contribution in [2.24, 2.45) is 0 Å². The molecular formula is C21H23F2NO3. The van der Waals surface area contributed by atoms with Gasteiger partial charge in [0.25, 0.3) is 5.91 Å². The fourth-order valence-electron chi connectivity index (χ4n) is 3.01. The van der Waals surface area contributed by atoms with Crippen molar-refractivity contribution in [3.05, 3.63) is 59.2 Å². The lowest BCUT2D eigenvalue weighted by molar-refractivity contribution is -0.135. The Labute approximate surface area is 157 Å². The van der Waals surface area contributed by atoms with Gasteiger partial charge in [0.15, 0.2) is 18.2 Å². The van der Waals surface area contributed by atoms with Gasteiger partial charge in [-0.15, -0.1) is 0 Å². The Balaban J connectivity index is 1.46. The van der Waals surface area contributed by atoms with E-state index in [9.17, 15) is 13.6 Å². The first-order chi connectivity index (χ1) is 12.9. The van der Waals surface area contributed by atoms with Gasteiger partial charge < -0.3 is 14.4 Å². The summed E-state index contributed by atoms with van der Waals surface area (Å²) in [6.07, 6.45) is 0.980. The van der Waals surface area contributed by atoms with E-state index in [1.807, 2.05) is 32.0 Å². The van der Waals surface area contributed by atoms with E-state index >= 15 is 0 Å². The van der Waals surface area contributed by atoms with Crippen LogP contribution in [0.2, 0.25) is 0 Å². The van der Waals surface area contributed by atoms with Crippen LogP contribution in [-0.4, -0.2) is 36.6 Å².